The van der Waals surface area contributed by atoms with E-state index in [1.807, 2.05) is 0 Å². The van der Waals surface area contributed by atoms with Crippen LogP contribution in [0.4, 0.5) is 5.95 Å². The predicted octanol–water partition coefficient (Wildman–Crippen LogP) is 1.84. The quantitative estimate of drug-likeness (QED) is 0.795. The average Bonchev–Trinajstić information content (AvgIpc) is 2.17. The van der Waals surface area contributed by atoms with Crippen LogP contribution in [-0.2, 0) is 0 Å². The minimum atomic E-state index is 0.203. The minimum absolute atomic E-state index is 0.203. The number of anilines is 1. The second kappa shape index (κ2) is 3.44. The fourth-order valence-corrected chi connectivity index (χ4v) is 1.59. The molecule has 0 bridgehead atoms. The normalized spacial score (nSPS) is 18.4. The monoisotopic (exact) mass is 193 g/mol. The summed E-state index contributed by atoms with van der Waals surface area (Å²) < 4.78 is 4.99. The van der Waals surface area contributed by atoms with E-state index >= 15 is 0 Å². The molecule has 1 N–H and O–H groups in total. The molecule has 4 heteroatoms. The van der Waals surface area contributed by atoms with Gasteiger partial charge in [0.25, 0.3) is 0 Å². The Labute approximate surface area is 83.7 Å². The maximum atomic E-state index is 4.99. The fourth-order valence-electron chi connectivity index (χ4n) is 1.59. The van der Waals surface area contributed by atoms with Crippen molar-refractivity contribution in [3.8, 4) is 5.75 Å². The number of nitrogens with one attached hydrogen (secondary N) is 1. The van der Waals surface area contributed by atoms with Crippen molar-refractivity contribution in [3.05, 3.63) is 12.4 Å². The first-order valence-corrected chi connectivity index (χ1v) is 4.86. The van der Waals surface area contributed by atoms with Gasteiger partial charge in [-0.1, -0.05) is 0 Å². The highest BCUT2D eigenvalue weighted by molar-refractivity contribution is 5.31. The molecule has 0 saturated heterocycles. The highest BCUT2D eigenvalue weighted by atomic mass is 16.5. The first-order chi connectivity index (χ1) is 6.72. The van der Waals surface area contributed by atoms with Crippen molar-refractivity contribution < 1.29 is 4.74 Å². The Kier molecular flexibility index (Phi) is 2.27. The van der Waals surface area contributed by atoms with Crippen LogP contribution >= 0.6 is 0 Å². The van der Waals surface area contributed by atoms with Crippen LogP contribution in [0.3, 0.4) is 0 Å². The first kappa shape index (κ1) is 9.24. The summed E-state index contributed by atoms with van der Waals surface area (Å²) in [7, 11) is 1.61. The molecule has 1 aromatic heterocycles. The van der Waals surface area contributed by atoms with Crippen LogP contribution in [0.2, 0.25) is 0 Å². The van der Waals surface area contributed by atoms with Crippen LogP contribution in [-0.4, -0.2) is 22.6 Å². The Morgan fingerprint density at radius 1 is 1.36 bits per heavy atom. The van der Waals surface area contributed by atoms with Gasteiger partial charge in [-0.3, -0.25) is 0 Å². The Hall–Kier alpha value is -1.32. The summed E-state index contributed by atoms with van der Waals surface area (Å²) in [5.74, 6) is 1.38. The summed E-state index contributed by atoms with van der Waals surface area (Å²) in [6.45, 7) is 2.20. The lowest BCUT2D eigenvalue weighted by Gasteiger charge is -2.39. The summed E-state index contributed by atoms with van der Waals surface area (Å²) in [6.07, 6.45) is 7.04. The highest BCUT2D eigenvalue weighted by Crippen LogP contribution is 2.33. The third-order valence-electron chi connectivity index (χ3n) is 2.73. The van der Waals surface area contributed by atoms with Crippen LogP contribution in [0, 0.1) is 0 Å². The lowest BCUT2D eigenvalue weighted by atomic mass is 9.79. The molecule has 1 aromatic rings. The molecular formula is C10H15N3O. The van der Waals surface area contributed by atoms with E-state index in [4.69, 9.17) is 4.74 Å². The molecule has 1 aliphatic carbocycles. The largest absolute Gasteiger partial charge is 0.494 e. The number of ether oxygens (including phenoxy) is 1. The van der Waals surface area contributed by atoms with Gasteiger partial charge >= 0.3 is 0 Å². The maximum Gasteiger partial charge on any atom is 0.223 e. The van der Waals surface area contributed by atoms with Crippen molar-refractivity contribution >= 4 is 5.95 Å². The van der Waals surface area contributed by atoms with Crippen molar-refractivity contribution in [2.45, 2.75) is 31.7 Å². The number of aromatic nitrogens is 2. The molecule has 2 rings (SSSR count). The van der Waals surface area contributed by atoms with Gasteiger partial charge < -0.3 is 10.1 Å². The number of hydrogen-bond acceptors (Lipinski definition) is 4. The number of rotatable bonds is 3. The maximum absolute atomic E-state index is 4.99. The van der Waals surface area contributed by atoms with Crippen LogP contribution in [0.25, 0.3) is 0 Å². The van der Waals surface area contributed by atoms with Crippen molar-refractivity contribution in [1.82, 2.24) is 9.97 Å². The van der Waals surface area contributed by atoms with E-state index in [1.54, 1.807) is 19.5 Å². The van der Waals surface area contributed by atoms with Crippen LogP contribution in [0.15, 0.2) is 12.4 Å². The molecular weight excluding hydrogens is 178 g/mol. The fraction of sp³-hybridized carbons (Fsp3) is 0.600. The second-order valence-electron chi connectivity index (χ2n) is 3.99. The molecule has 14 heavy (non-hydrogen) atoms. The summed E-state index contributed by atoms with van der Waals surface area (Å²) >= 11 is 0. The zero-order valence-electron chi connectivity index (χ0n) is 8.58. The molecule has 4 nitrogen and oxygen atoms in total. The smallest absolute Gasteiger partial charge is 0.223 e. The van der Waals surface area contributed by atoms with Gasteiger partial charge in [0.05, 0.1) is 19.5 Å². The molecule has 1 heterocycles. The minimum Gasteiger partial charge on any atom is -0.494 e. The Morgan fingerprint density at radius 3 is 2.43 bits per heavy atom. The van der Waals surface area contributed by atoms with Crippen molar-refractivity contribution in [1.29, 1.82) is 0 Å². The van der Waals surface area contributed by atoms with E-state index in [0.29, 0.717) is 11.7 Å². The Morgan fingerprint density at radius 2 is 2.00 bits per heavy atom. The molecule has 1 saturated carbocycles. The van der Waals surface area contributed by atoms with E-state index < -0.39 is 0 Å². The summed E-state index contributed by atoms with van der Waals surface area (Å²) in [6, 6.07) is 0. The Bertz CT molecular complexity index is 306. The second-order valence-corrected chi connectivity index (χ2v) is 3.99. The van der Waals surface area contributed by atoms with Gasteiger partial charge in [-0.05, 0) is 26.2 Å². The molecule has 0 spiro atoms. The molecule has 1 aliphatic rings. The molecule has 0 atom stereocenters. The number of hydrogen-bond donors (Lipinski definition) is 1. The average molecular weight is 193 g/mol. The van der Waals surface area contributed by atoms with Crippen LogP contribution in [0.5, 0.6) is 5.75 Å². The molecule has 0 amide bonds. The van der Waals surface area contributed by atoms with E-state index in [2.05, 4.69) is 22.2 Å². The number of methoxy groups -OCH3 is 1. The standard InChI is InChI=1S/C10H15N3O/c1-10(4-3-5-10)13-9-11-6-8(14-2)7-12-9/h6-7H,3-5H2,1-2H3,(H,11,12,13). The van der Waals surface area contributed by atoms with Gasteiger partial charge in [-0.2, -0.15) is 0 Å². The van der Waals surface area contributed by atoms with E-state index in [1.165, 1.54) is 19.3 Å². The predicted molar refractivity (Wildman–Crippen MR) is 54.5 cm³/mol. The van der Waals surface area contributed by atoms with Crippen molar-refractivity contribution in [3.63, 3.8) is 0 Å². The molecule has 0 unspecified atom stereocenters. The lowest BCUT2D eigenvalue weighted by Crippen LogP contribution is -2.42. The summed E-state index contributed by atoms with van der Waals surface area (Å²) in [5, 5.41) is 3.33. The first-order valence-electron chi connectivity index (χ1n) is 4.86. The summed E-state index contributed by atoms with van der Waals surface area (Å²) in [5.41, 5.74) is 0.203. The van der Waals surface area contributed by atoms with Crippen molar-refractivity contribution in [2.24, 2.45) is 0 Å². The molecule has 76 valence electrons. The molecule has 0 radical (unpaired) electrons. The van der Waals surface area contributed by atoms with Crippen molar-refractivity contribution in [2.75, 3.05) is 12.4 Å². The molecule has 0 aromatic carbocycles. The van der Waals surface area contributed by atoms with Gasteiger partial charge in [0.15, 0.2) is 5.75 Å². The van der Waals surface area contributed by atoms with Gasteiger partial charge in [0.1, 0.15) is 0 Å². The SMILES string of the molecule is COc1cnc(NC2(C)CCC2)nc1. The third kappa shape index (κ3) is 1.78. The highest BCUT2D eigenvalue weighted by Gasteiger charge is 2.32. The zero-order valence-corrected chi connectivity index (χ0v) is 8.58. The van der Waals surface area contributed by atoms with Gasteiger partial charge in [-0.15, -0.1) is 0 Å². The van der Waals surface area contributed by atoms with E-state index in [9.17, 15) is 0 Å². The Balaban J connectivity index is 2.02. The van der Waals surface area contributed by atoms with Crippen LogP contribution < -0.4 is 10.1 Å². The number of nitrogens with zero attached hydrogens (tertiary/aromatic N) is 2. The van der Waals surface area contributed by atoms with Crippen LogP contribution in [0.1, 0.15) is 26.2 Å². The van der Waals surface area contributed by atoms with Gasteiger partial charge in [0.2, 0.25) is 5.95 Å². The third-order valence-corrected chi connectivity index (χ3v) is 2.73. The van der Waals surface area contributed by atoms with E-state index in [0.717, 1.165) is 0 Å². The summed E-state index contributed by atoms with van der Waals surface area (Å²) in [4.78, 5) is 8.34. The lowest BCUT2D eigenvalue weighted by molar-refractivity contribution is 0.304. The van der Waals surface area contributed by atoms with Gasteiger partial charge in [-0.25, -0.2) is 9.97 Å². The van der Waals surface area contributed by atoms with E-state index in [-0.39, 0.29) is 5.54 Å². The zero-order chi connectivity index (χ0) is 10.0. The topological polar surface area (TPSA) is 47.0 Å². The molecule has 1 fully saturated rings. The molecule has 0 aliphatic heterocycles. The van der Waals surface area contributed by atoms with Gasteiger partial charge in [0, 0.05) is 5.54 Å².